The lowest BCUT2D eigenvalue weighted by molar-refractivity contribution is 0.516. The molecule has 4 atom stereocenters. The predicted octanol–water partition coefficient (Wildman–Crippen LogP) is 20.4. The van der Waals surface area contributed by atoms with Crippen molar-refractivity contribution in [3.05, 3.63) is 140 Å². The van der Waals surface area contributed by atoms with Crippen LogP contribution < -0.4 is 0 Å². The third-order valence-corrected chi connectivity index (χ3v) is 20.8. The second-order valence-corrected chi connectivity index (χ2v) is 24.5. The zero-order valence-electron chi connectivity index (χ0n) is 44.2. The van der Waals surface area contributed by atoms with Gasteiger partial charge >= 0.3 is 0 Å². The minimum atomic E-state index is 0.538. The zero-order chi connectivity index (χ0) is 47.9. The van der Waals surface area contributed by atoms with Crippen molar-refractivity contribution in [2.45, 2.75) is 205 Å². The monoisotopic (exact) mass is 941 g/mol. The molecule has 72 heavy (non-hydrogen) atoms. The van der Waals surface area contributed by atoms with E-state index in [2.05, 4.69) is 100 Å². The summed E-state index contributed by atoms with van der Waals surface area (Å²) in [6.07, 6.45) is 30.6. The van der Waals surface area contributed by atoms with Crippen molar-refractivity contribution in [1.82, 2.24) is 0 Å². The molecule has 0 saturated heterocycles. The summed E-state index contributed by atoms with van der Waals surface area (Å²) >= 11 is 0. The van der Waals surface area contributed by atoms with Crippen LogP contribution >= 0.6 is 0 Å². The molecule has 0 heteroatoms. The van der Waals surface area contributed by atoms with Gasteiger partial charge in [-0.1, -0.05) is 153 Å². The molecule has 0 saturated carbocycles. The Kier molecular flexibility index (Phi) is 10.6. The number of rotatable bonds is 20. The van der Waals surface area contributed by atoms with Gasteiger partial charge in [-0.2, -0.15) is 0 Å². The van der Waals surface area contributed by atoms with Crippen molar-refractivity contribution in [1.29, 1.82) is 0 Å². The molecule has 8 aromatic carbocycles. The highest BCUT2D eigenvalue weighted by molar-refractivity contribution is 6.22. The molecule has 4 unspecified atom stereocenters. The summed E-state index contributed by atoms with van der Waals surface area (Å²) in [7, 11) is 0. The van der Waals surface area contributed by atoms with Gasteiger partial charge in [0.05, 0.1) is 0 Å². The molecule has 0 fully saturated rings. The van der Waals surface area contributed by atoms with E-state index < -0.39 is 0 Å². The van der Waals surface area contributed by atoms with Crippen molar-refractivity contribution in [3.63, 3.8) is 0 Å². The Morgan fingerprint density at radius 3 is 0.764 bits per heavy atom. The second kappa shape index (κ2) is 17.2. The van der Waals surface area contributed by atoms with E-state index in [9.17, 15) is 0 Å². The van der Waals surface area contributed by atoms with Crippen LogP contribution in [0.5, 0.6) is 0 Å². The second-order valence-electron chi connectivity index (χ2n) is 24.5. The standard InChI is InChI=1S/C72H76/c1-5-9-13-17-21-41-53-33-61-45-25-27-49-65-37-57-43(23-19-15-11-7-3)58-38-66-50-28-26-46-62-34-54(41)56-36-64(62)48-30-32-52(72(50)70(46)48)68(66)40-60(58)44(24-20-16-12-8-4)59(57)39-67(65)51-31-29-47(69(45)71(49)51)63(61)35-55(53)42(56)22-18-14-10-6-2/h25-33,35,38,40,62,64-65,67H,5-24,34,36-37,39H2,1-4H3. The van der Waals surface area contributed by atoms with E-state index in [1.54, 1.807) is 110 Å². The number of benzene rings is 8. The van der Waals surface area contributed by atoms with E-state index in [1.807, 2.05) is 0 Å². The summed E-state index contributed by atoms with van der Waals surface area (Å²) in [5.74, 6) is 2.15. The Morgan fingerprint density at radius 1 is 0.278 bits per heavy atom. The van der Waals surface area contributed by atoms with Crippen LogP contribution in [0.2, 0.25) is 0 Å². The van der Waals surface area contributed by atoms with Crippen LogP contribution in [0.15, 0.2) is 72.8 Å². The molecule has 0 aromatic heterocycles. The van der Waals surface area contributed by atoms with Crippen LogP contribution in [0.25, 0.3) is 87.6 Å². The van der Waals surface area contributed by atoms with Gasteiger partial charge < -0.3 is 0 Å². The first kappa shape index (κ1) is 44.3. The fourth-order valence-electron chi connectivity index (χ4n) is 17.5. The molecule has 6 aliphatic rings. The summed E-state index contributed by atoms with van der Waals surface area (Å²) < 4.78 is 0. The topological polar surface area (TPSA) is 0 Å². The van der Waals surface area contributed by atoms with Gasteiger partial charge in [0.15, 0.2) is 0 Å². The Morgan fingerprint density at radius 2 is 0.528 bits per heavy atom. The maximum absolute atomic E-state index is 2.78. The molecule has 14 rings (SSSR count). The SMILES string of the molecule is CCCCCCc1c2c3c(CCCCCC)c4cc5c(cc14)-c1ccc4c6c(ccc-5c16)C1Cc5c(c(CCCCCC)c6cc7c(cc6c5CCCCCC)-c5ccc6c8c(ccc-7c58)C(C2)C6C3)CC41. The van der Waals surface area contributed by atoms with Gasteiger partial charge in [-0.3, -0.25) is 0 Å². The molecule has 0 spiro atoms. The largest absolute Gasteiger partial charge is 0.0654 e. The molecule has 0 heterocycles. The third-order valence-electron chi connectivity index (χ3n) is 20.8. The number of unbranched alkanes of at least 4 members (excludes halogenated alkanes) is 12. The molecule has 364 valence electrons. The van der Waals surface area contributed by atoms with Crippen molar-refractivity contribution >= 4 is 43.1 Å². The van der Waals surface area contributed by atoms with E-state index in [4.69, 9.17) is 0 Å². The Hall–Kier alpha value is -5.20. The molecule has 0 N–H and O–H groups in total. The third kappa shape index (κ3) is 6.17. The van der Waals surface area contributed by atoms with Gasteiger partial charge in [-0.05, 0) is 279 Å². The Labute approximate surface area is 430 Å². The molecule has 0 bridgehead atoms. The highest BCUT2D eigenvalue weighted by Gasteiger charge is 2.45. The minimum Gasteiger partial charge on any atom is -0.0654 e. The Balaban J connectivity index is 1.03. The highest BCUT2D eigenvalue weighted by Crippen LogP contribution is 2.63. The van der Waals surface area contributed by atoms with Crippen LogP contribution in [-0.2, 0) is 51.4 Å². The van der Waals surface area contributed by atoms with Crippen molar-refractivity contribution in [2.24, 2.45) is 0 Å². The van der Waals surface area contributed by atoms with Crippen LogP contribution in [-0.4, -0.2) is 0 Å². The van der Waals surface area contributed by atoms with Gasteiger partial charge in [0, 0.05) is 0 Å². The maximum Gasteiger partial charge on any atom is -0.00206 e. The van der Waals surface area contributed by atoms with Crippen LogP contribution in [0.4, 0.5) is 0 Å². The molecule has 0 radical (unpaired) electrons. The number of hydrogen-bond acceptors (Lipinski definition) is 0. The van der Waals surface area contributed by atoms with Crippen LogP contribution in [0.3, 0.4) is 0 Å². The summed E-state index contributed by atoms with van der Waals surface area (Å²) in [6.45, 7) is 9.50. The molecule has 0 nitrogen and oxygen atoms in total. The summed E-state index contributed by atoms with van der Waals surface area (Å²) in [6, 6.07) is 32.2. The molecule has 0 aliphatic heterocycles. The number of aryl methyl sites for hydroxylation is 4. The fourth-order valence-corrected chi connectivity index (χ4v) is 17.5. The number of hydrogen-bond donors (Lipinski definition) is 0. The molecule has 6 aliphatic carbocycles. The lowest BCUT2D eigenvalue weighted by Crippen LogP contribution is -2.22. The minimum absolute atomic E-state index is 0.538. The first-order chi connectivity index (χ1) is 35.6. The first-order valence-corrected chi connectivity index (χ1v) is 30.1. The molecular formula is C72H76. The summed E-state index contributed by atoms with van der Waals surface area (Å²) in [5.41, 5.74) is 32.7. The summed E-state index contributed by atoms with van der Waals surface area (Å²) in [4.78, 5) is 0. The van der Waals surface area contributed by atoms with E-state index in [1.165, 1.54) is 199 Å². The zero-order valence-corrected chi connectivity index (χ0v) is 44.2. The van der Waals surface area contributed by atoms with Gasteiger partial charge in [0.25, 0.3) is 0 Å². The Bertz CT molecular complexity index is 3140. The van der Waals surface area contributed by atoms with E-state index >= 15 is 0 Å². The predicted molar refractivity (Wildman–Crippen MR) is 309 cm³/mol. The fraction of sp³-hybridized carbons (Fsp3) is 0.444. The highest BCUT2D eigenvalue weighted by atomic mass is 14.5. The summed E-state index contributed by atoms with van der Waals surface area (Å²) in [5, 5.41) is 12.9. The van der Waals surface area contributed by atoms with Crippen molar-refractivity contribution in [2.75, 3.05) is 0 Å². The average Bonchev–Trinajstić information content (AvgIpc) is 4.11. The average molecular weight is 941 g/mol. The number of fused-ring (bicyclic) bond motifs is 16. The van der Waals surface area contributed by atoms with Crippen LogP contribution in [0, 0.1) is 0 Å². The first-order valence-electron chi connectivity index (χ1n) is 30.1. The van der Waals surface area contributed by atoms with Gasteiger partial charge in [-0.25, -0.2) is 0 Å². The lowest BCUT2D eigenvalue weighted by Gasteiger charge is -2.34. The van der Waals surface area contributed by atoms with Gasteiger partial charge in [0.1, 0.15) is 0 Å². The van der Waals surface area contributed by atoms with Gasteiger partial charge in [0.2, 0.25) is 0 Å². The van der Waals surface area contributed by atoms with Crippen LogP contribution in [0.1, 0.15) is 221 Å². The quantitative estimate of drug-likeness (QED) is 0.0668. The van der Waals surface area contributed by atoms with E-state index in [0.717, 1.165) is 0 Å². The molecule has 8 aromatic rings. The van der Waals surface area contributed by atoms with E-state index in [0.29, 0.717) is 23.7 Å². The van der Waals surface area contributed by atoms with Crippen molar-refractivity contribution < 1.29 is 0 Å². The smallest absolute Gasteiger partial charge is 0.00206 e. The van der Waals surface area contributed by atoms with Crippen molar-refractivity contribution in [3.8, 4) is 44.5 Å². The van der Waals surface area contributed by atoms with E-state index in [-0.39, 0.29) is 0 Å². The lowest BCUT2D eigenvalue weighted by atomic mass is 9.69. The molecular weight excluding hydrogens is 865 g/mol. The molecule has 0 amide bonds. The van der Waals surface area contributed by atoms with Gasteiger partial charge in [-0.15, -0.1) is 0 Å². The maximum atomic E-state index is 2.78. The normalized spacial score (nSPS) is 19.2.